The Morgan fingerprint density at radius 2 is 1.96 bits per heavy atom. The van der Waals surface area contributed by atoms with Crippen LogP contribution in [0.5, 0.6) is 0 Å². The predicted molar refractivity (Wildman–Crippen MR) is 84.9 cm³/mol. The first-order valence-corrected chi connectivity index (χ1v) is 6.87. The molecule has 1 aliphatic heterocycles. The molecule has 1 aliphatic rings. The van der Waals surface area contributed by atoms with E-state index >= 15 is 0 Å². The van der Waals surface area contributed by atoms with Gasteiger partial charge in [0.25, 0.3) is 5.69 Å². The molecule has 114 valence electrons. The van der Waals surface area contributed by atoms with Gasteiger partial charge in [0.2, 0.25) is 5.90 Å². The molecule has 6 nitrogen and oxygen atoms in total. The Morgan fingerprint density at radius 3 is 2.70 bits per heavy atom. The number of hydrogen-bond donors (Lipinski definition) is 0. The molecule has 0 saturated heterocycles. The van der Waals surface area contributed by atoms with E-state index in [1.165, 1.54) is 18.2 Å². The van der Waals surface area contributed by atoms with Crippen LogP contribution in [-0.2, 0) is 9.53 Å². The highest BCUT2D eigenvalue weighted by Crippen LogP contribution is 2.22. The standard InChI is InChI=1S/C17H12N2O4/c1-11-5-2-3-6-12(11)10-15-17(20)23-16(18-15)13-7-4-8-14(9-13)19(21)22/h2-10H,1H3/b15-10+. The minimum absolute atomic E-state index is 0.0681. The molecule has 0 bridgehead atoms. The molecule has 2 aromatic rings. The largest absolute Gasteiger partial charge is 0.402 e. The Labute approximate surface area is 131 Å². The van der Waals surface area contributed by atoms with Gasteiger partial charge in [-0.15, -0.1) is 0 Å². The van der Waals surface area contributed by atoms with E-state index in [0.29, 0.717) is 5.56 Å². The molecule has 0 amide bonds. The van der Waals surface area contributed by atoms with E-state index in [1.807, 2.05) is 31.2 Å². The number of nitro benzene ring substituents is 1. The van der Waals surface area contributed by atoms with Crippen molar-refractivity contribution in [1.29, 1.82) is 0 Å². The Kier molecular flexibility index (Phi) is 3.72. The molecule has 0 unspecified atom stereocenters. The van der Waals surface area contributed by atoms with Crippen molar-refractivity contribution in [1.82, 2.24) is 0 Å². The van der Waals surface area contributed by atoms with Gasteiger partial charge >= 0.3 is 5.97 Å². The summed E-state index contributed by atoms with van der Waals surface area (Å²) in [5.41, 5.74) is 2.34. The first-order chi connectivity index (χ1) is 11.0. The molecule has 1 heterocycles. The molecule has 23 heavy (non-hydrogen) atoms. The summed E-state index contributed by atoms with van der Waals surface area (Å²) in [6.45, 7) is 1.93. The van der Waals surface area contributed by atoms with Crippen LogP contribution in [0.4, 0.5) is 5.69 Å². The van der Waals surface area contributed by atoms with Gasteiger partial charge in [0.05, 0.1) is 4.92 Å². The maximum atomic E-state index is 12.0. The van der Waals surface area contributed by atoms with E-state index in [-0.39, 0.29) is 17.3 Å². The molecule has 3 rings (SSSR count). The average molecular weight is 308 g/mol. The maximum absolute atomic E-state index is 12.0. The van der Waals surface area contributed by atoms with Crippen molar-refractivity contribution < 1.29 is 14.5 Å². The monoisotopic (exact) mass is 308 g/mol. The van der Waals surface area contributed by atoms with E-state index in [2.05, 4.69) is 4.99 Å². The highest BCUT2D eigenvalue weighted by atomic mass is 16.6. The minimum Gasteiger partial charge on any atom is -0.402 e. The lowest BCUT2D eigenvalue weighted by molar-refractivity contribution is -0.384. The first-order valence-electron chi connectivity index (χ1n) is 6.87. The molecule has 0 fully saturated rings. The Morgan fingerprint density at radius 1 is 1.17 bits per heavy atom. The lowest BCUT2D eigenvalue weighted by Crippen LogP contribution is -2.05. The van der Waals surface area contributed by atoms with Gasteiger partial charge in [-0.1, -0.05) is 30.3 Å². The van der Waals surface area contributed by atoms with E-state index < -0.39 is 10.9 Å². The second-order valence-corrected chi connectivity index (χ2v) is 5.00. The fourth-order valence-electron chi connectivity index (χ4n) is 2.18. The van der Waals surface area contributed by atoms with Crippen LogP contribution in [0.15, 0.2) is 59.2 Å². The second-order valence-electron chi connectivity index (χ2n) is 5.00. The molecule has 0 N–H and O–H groups in total. The Bertz CT molecular complexity index is 868. The van der Waals surface area contributed by atoms with Crippen LogP contribution >= 0.6 is 0 Å². The topological polar surface area (TPSA) is 81.8 Å². The van der Waals surface area contributed by atoms with E-state index in [0.717, 1.165) is 11.1 Å². The normalized spacial score (nSPS) is 15.4. The number of non-ortho nitro benzene ring substituents is 1. The highest BCUT2D eigenvalue weighted by molar-refractivity contribution is 6.13. The highest BCUT2D eigenvalue weighted by Gasteiger charge is 2.25. The average Bonchev–Trinajstić information content (AvgIpc) is 2.91. The van der Waals surface area contributed by atoms with Crippen LogP contribution in [0, 0.1) is 17.0 Å². The zero-order valence-electron chi connectivity index (χ0n) is 12.2. The maximum Gasteiger partial charge on any atom is 0.363 e. The van der Waals surface area contributed by atoms with Gasteiger partial charge in [0.1, 0.15) is 0 Å². The summed E-state index contributed by atoms with van der Waals surface area (Å²) >= 11 is 0. The Hall–Kier alpha value is -3.28. The van der Waals surface area contributed by atoms with Crippen LogP contribution in [0.2, 0.25) is 0 Å². The van der Waals surface area contributed by atoms with Crippen LogP contribution in [0.25, 0.3) is 6.08 Å². The summed E-state index contributed by atoms with van der Waals surface area (Å²) in [5, 5.41) is 10.8. The molecule has 2 aromatic carbocycles. The summed E-state index contributed by atoms with van der Waals surface area (Å²) in [4.78, 5) is 26.4. The lowest BCUT2D eigenvalue weighted by Gasteiger charge is -1.99. The van der Waals surface area contributed by atoms with Gasteiger partial charge in [0.15, 0.2) is 5.70 Å². The summed E-state index contributed by atoms with van der Waals surface area (Å²) in [5.74, 6) is -0.506. The number of carbonyl (C=O) groups excluding carboxylic acids is 1. The molecule has 0 aromatic heterocycles. The molecular weight excluding hydrogens is 296 g/mol. The number of ether oxygens (including phenoxy) is 1. The fraction of sp³-hybridized carbons (Fsp3) is 0.0588. The van der Waals surface area contributed by atoms with Crippen molar-refractivity contribution in [3.63, 3.8) is 0 Å². The van der Waals surface area contributed by atoms with Crippen molar-refractivity contribution in [3.8, 4) is 0 Å². The van der Waals surface area contributed by atoms with Crippen molar-refractivity contribution in [2.24, 2.45) is 4.99 Å². The molecule has 6 heteroatoms. The van der Waals surface area contributed by atoms with Crippen molar-refractivity contribution in [2.45, 2.75) is 6.92 Å². The van der Waals surface area contributed by atoms with Gasteiger partial charge in [0, 0.05) is 17.7 Å². The number of aliphatic imine (C=N–C) groups is 1. The molecule has 0 radical (unpaired) electrons. The smallest absolute Gasteiger partial charge is 0.363 e. The third-order valence-electron chi connectivity index (χ3n) is 3.41. The number of nitrogens with zero attached hydrogens (tertiary/aromatic N) is 2. The number of benzene rings is 2. The number of aryl methyl sites for hydroxylation is 1. The summed E-state index contributed by atoms with van der Waals surface area (Å²) < 4.78 is 5.13. The van der Waals surface area contributed by atoms with E-state index in [1.54, 1.807) is 12.1 Å². The van der Waals surface area contributed by atoms with Gasteiger partial charge in [-0.25, -0.2) is 9.79 Å². The van der Waals surface area contributed by atoms with Crippen molar-refractivity contribution in [2.75, 3.05) is 0 Å². The minimum atomic E-state index is -0.574. The number of cyclic esters (lactones) is 1. The van der Waals surface area contributed by atoms with Crippen LogP contribution in [0.1, 0.15) is 16.7 Å². The van der Waals surface area contributed by atoms with Crippen LogP contribution in [-0.4, -0.2) is 16.8 Å². The second kappa shape index (κ2) is 5.84. The van der Waals surface area contributed by atoms with Crippen molar-refractivity contribution in [3.05, 3.63) is 81.0 Å². The van der Waals surface area contributed by atoms with Crippen molar-refractivity contribution >= 4 is 23.6 Å². The van der Waals surface area contributed by atoms with Gasteiger partial charge < -0.3 is 4.74 Å². The quantitative estimate of drug-likeness (QED) is 0.377. The zero-order chi connectivity index (χ0) is 16.4. The first kappa shape index (κ1) is 14.6. The lowest BCUT2D eigenvalue weighted by atomic mass is 10.1. The third-order valence-corrected chi connectivity index (χ3v) is 3.41. The molecule has 0 atom stereocenters. The molecule has 0 saturated carbocycles. The number of hydrogen-bond acceptors (Lipinski definition) is 5. The van der Waals surface area contributed by atoms with Gasteiger partial charge in [-0.05, 0) is 30.2 Å². The number of nitro groups is 1. The summed E-state index contributed by atoms with van der Waals surface area (Å²) in [7, 11) is 0. The SMILES string of the molecule is Cc1ccccc1/C=C1/N=C(c2cccc([N+](=O)[O-])c2)OC1=O. The third kappa shape index (κ3) is 3.01. The summed E-state index contributed by atoms with van der Waals surface area (Å²) in [6, 6.07) is 13.4. The van der Waals surface area contributed by atoms with E-state index in [4.69, 9.17) is 4.74 Å². The number of rotatable bonds is 3. The molecular formula is C17H12N2O4. The predicted octanol–water partition coefficient (Wildman–Crippen LogP) is 3.25. The number of carbonyl (C=O) groups is 1. The zero-order valence-corrected chi connectivity index (χ0v) is 12.2. The summed E-state index contributed by atoms with van der Waals surface area (Å²) in [6.07, 6.45) is 1.64. The fourth-order valence-corrected chi connectivity index (χ4v) is 2.18. The molecule has 0 spiro atoms. The Balaban J connectivity index is 1.97. The van der Waals surface area contributed by atoms with E-state index in [9.17, 15) is 14.9 Å². The van der Waals surface area contributed by atoms with Gasteiger partial charge in [-0.3, -0.25) is 10.1 Å². The van der Waals surface area contributed by atoms with Crippen LogP contribution < -0.4 is 0 Å². The number of esters is 1. The van der Waals surface area contributed by atoms with Gasteiger partial charge in [-0.2, -0.15) is 0 Å². The van der Waals surface area contributed by atoms with Crippen LogP contribution in [0.3, 0.4) is 0 Å². The molecule has 0 aliphatic carbocycles.